The maximum atomic E-state index is 12.3. The molecule has 2 aromatic rings. The predicted molar refractivity (Wildman–Crippen MR) is 132 cm³/mol. The van der Waals surface area contributed by atoms with Gasteiger partial charge in [0, 0.05) is 43.6 Å². The quantitative estimate of drug-likeness (QED) is 0.391. The van der Waals surface area contributed by atoms with Crippen LogP contribution in [-0.2, 0) is 11.3 Å². The molecule has 1 aliphatic rings. The average Bonchev–Trinajstić information content (AvgIpc) is 2.77. The second-order valence-electron chi connectivity index (χ2n) is 7.11. The third-order valence-electron chi connectivity index (χ3n) is 4.81. The first-order valence-electron chi connectivity index (χ1n) is 9.74. The van der Waals surface area contributed by atoms with E-state index in [-0.39, 0.29) is 27.1 Å². The fourth-order valence-corrected chi connectivity index (χ4v) is 4.98. The monoisotopic (exact) mass is 495 g/mol. The van der Waals surface area contributed by atoms with Crippen molar-refractivity contribution in [2.75, 3.05) is 18.8 Å². The van der Waals surface area contributed by atoms with E-state index in [0.717, 1.165) is 61.6 Å². The Balaban J connectivity index is 1.34. The van der Waals surface area contributed by atoms with Crippen LogP contribution in [0.4, 0.5) is 0 Å². The van der Waals surface area contributed by atoms with Crippen LogP contribution in [0.1, 0.15) is 24.0 Å². The molecule has 6 nitrogen and oxygen atoms in total. The van der Waals surface area contributed by atoms with Gasteiger partial charge >= 0.3 is 0 Å². The van der Waals surface area contributed by atoms with Gasteiger partial charge in [-0.25, -0.2) is 0 Å². The van der Waals surface area contributed by atoms with Crippen LogP contribution in [-0.4, -0.2) is 50.1 Å². The van der Waals surface area contributed by atoms with E-state index in [1.165, 1.54) is 0 Å². The van der Waals surface area contributed by atoms with Crippen molar-refractivity contribution in [2.45, 2.75) is 25.4 Å². The summed E-state index contributed by atoms with van der Waals surface area (Å²) in [6.07, 6.45) is 5.00. The lowest BCUT2D eigenvalue weighted by molar-refractivity contribution is -0.119. The molecule has 3 N–H and O–H groups in total. The highest BCUT2D eigenvalue weighted by Gasteiger charge is 2.21. The van der Waals surface area contributed by atoms with E-state index >= 15 is 0 Å². The lowest BCUT2D eigenvalue weighted by atomic mass is 10.0. The van der Waals surface area contributed by atoms with Crippen LogP contribution in [0.3, 0.4) is 0 Å². The Labute approximate surface area is 200 Å². The van der Waals surface area contributed by atoms with E-state index in [1.54, 1.807) is 24.5 Å². The second kappa shape index (κ2) is 11.9. The first-order valence-corrected chi connectivity index (χ1v) is 12.3. The van der Waals surface area contributed by atoms with Gasteiger partial charge in [0.25, 0.3) is 0 Å². The van der Waals surface area contributed by atoms with E-state index in [0.29, 0.717) is 15.6 Å². The summed E-state index contributed by atoms with van der Waals surface area (Å²) in [5.74, 6) is 0.104. The number of hydrogen-bond acceptors (Lipinski definition) is 7. The van der Waals surface area contributed by atoms with Crippen molar-refractivity contribution in [2.24, 2.45) is 0 Å². The first-order chi connectivity index (χ1) is 14.9. The second-order valence-corrected chi connectivity index (χ2v) is 10.2. The van der Waals surface area contributed by atoms with Crippen molar-refractivity contribution in [1.82, 2.24) is 15.2 Å². The summed E-state index contributed by atoms with van der Waals surface area (Å²) in [5.41, 5.74) is 1.84. The zero-order valence-electron chi connectivity index (χ0n) is 16.7. The largest absolute Gasteiger partial charge is 0.353 e. The molecule has 10 heteroatoms. The van der Waals surface area contributed by atoms with E-state index in [4.69, 9.17) is 34.0 Å². The highest BCUT2D eigenvalue weighted by Crippen LogP contribution is 2.24. The van der Waals surface area contributed by atoms with Gasteiger partial charge in [-0.3, -0.25) is 25.5 Å². The third-order valence-corrected chi connectivity index (χ3v) is 7.45. The van der Waals surface area contributed by atoms with Gasteiger partial charge < -0.3 is 5.32 Å². The minimum absolute atomic E-state index is 0.0753. The number of benzene rings is 1. The van der Waals surface area contributed by atoms with Crippen LogP contribution in [0.15, 0.2) is 42.7 Å². The minimum atomic E-state index is -0.0753. The van der Waals surface area contributed by atoms with E-state index in [9.17, 15) is 4.79 Å². The molecule has 0 saturated carbocycles. The molecular weight excluding hydrogens is 473 g/mol. The Morgan fingerprint density at radius 2 is 1.84 bits per heavy atom. The van der Waals surface area contributed by atoms with Crippen molar-refractivity contribution < 1.29 is 4.79 Å². The third kappa shape index (κ3) is 7.80. The lowest BCUT2D eigenvalue weighted by Crippen LogP contribution is -2.44. The van der Waals surface area contributed by atoms with Crippen LogP contribution < -0.4 is 5.32 Å². The maximum absolute atomic E-state index is 12.3. The fraction of sp³-hybridized carbons (Fsp3) is 0.333. The molecule has 1 saturated heterocycles. The smallest absolute Gasteiger partial charge is 0.230 e. The molecular formula is C21H23Cl2N5OS2. The molecule has 1 aromatic heterocycles. The SMILES string of the molecule is N=C(SCC(=O)NC1CCN(Cc2ccc(Cl)c(Cl)c2)CC1)SC(=N)c1ccncc1. The van der Waals surface area contributed by atoms with E-state index < -0.39 is 0 Å². The molecule has 0 unspecified atom stereocenters. The number of amides is 1. The number of nitrogens with zero attached hydrogens (tertiary/aromatic N) is 2. The molecule has 1 aromatic carbocycles. The van der Waals surface area contributed by atoms with Crippen molar-refractivity contribution in [3.8, 4) is 0 Å². The number of piperidine rings is 1. The number of rotatable bonds is 6. The van der Waals surface area contributed by atoms with Crippen LogP contribution in [0.25, 0.3) is 0 Å². The topological polar surface area (TPSA) is 92.9 Å². The van der Waals surface area contributed by atoms with Gasteiger partial charge in [-0.05, 0) is 54.4 Å². The number of carbonyl (C=O) groups excluding carboxylic acids is 1. The number of likely N-dealkylation sites (tertiary alicyclic amines) is 1. The fourth-order valence-electron chi connectivity index (χ4n) is 3.22. The number of pyridine rings is 1. The van der Waals surface area contributed by atoms with Crippen molar-refractivity contribution in [3.05, 3.63) is 63.9 Å². The van der Waals surface area contributed by atoms with Crippen LogP contribution in [0.2, 0.25) is 10.0 Å². The molecule has 0 spiro atoms. The molecule has 1 aliphatic heterocycles. The van der Waals surface area contributed by atoms with Gasteiger partial charge in [-0.2, -0.15) is 0 Å². The van der Waals surface area contributed by atoms with Crippen molar-refractivity contribution in [3.63, 3.8) is 0 Å². The van der Waals surface area contributed by atoms with Crippen LogP contribution in [0, 0.1) is 10.8 Å². The molecule has 164 valence electrons. The lowest BCUT2D eigenvalue weighted by Gasteiger charge is -2.32. The van der Waals surface area contributed by atoms with Crippen molar-refractivity contribution >= 4 is 62.1 Å². The van der Waals surface area contributed by atoms with Gasteiger partial charge in [-0.1, -0.05) is 41.0 Å². The Hall–Kier alpha value is -1.58. The summed E-state index contributed by atoms with van der Waals surface area (Å²) < 4.78 is 0.230. The molecule has 1 fully saturated rings. The molecule has 0 bridgehead atoms. The van der Waals surface area contributed by atoms with Gasteiger partial charge in [0.05, 0.1) is 15.8 Å². The summed E-state index contributed by atoms with van der Waals surface area (Å²) in [6, 6.07) is 9.31. The number of thioether (sulfide) groups is 2. The molecule has 0 aliphatic carbocycles. The summed E-state index contributed by atoms with van der Waals surface area (Å²) in [4.78, 5) is 18.5. The zero-order chi connectivity index (χ0) is 22.2. The van der Waals surface area contributed by atoms with Gasteiger partial charge in [0.1, 0.15) is 9.42 Å². The summed E-state index contributed by atoms with van der Waals surface area (Å²) >= 11 is 14.3. The number of carbonyl (C=O) groups is 1. The Morgan fingerprint density at radius 1 is 1.13 bits per heavy atom. The van der Waals surface area contributed by atoms with E-state index in [1.807, 2.05) is 18.2 Å². The number of hydrogen-bond donors (Lipinski definition) is 3. The van der Waals surface area contributed by atoms with Gasteiger partial charge in [-0.15, -0.1) is 0 Å². The summed E-state index contributed by atoms with van der Waals surface area (Å²) in [7, 11) is 0. The van der Waals surface area contributed by atoms with Crippen molar-refractivity contribution in [1.29, 1.82) is 10.8 Å². The molecule has 3 rings (SSSR count). The van der Waals surface area contributed by atoms with Crippen LogP contribution >= 0.6 is 46.7 Å². The summed E-state index contributed by atoms with van der Waals surface area (Å²) in [6.45, 7) is 2.60. The van der Waals surface area contributed by atoms with E-state index in [2.05, 4.69) is 15.2 Å². The highest BCUT2D eigenvalue weighted by atomic mass is 35.5. The standard InChI is InChI=1S/C21H23Cl2N5OS2/c22-17-2-1-14(11-18(17)23)12-28-9-5-16(6-10-28)27-19(29)13-30-21(25)31-20(24)15-3-7-26-8-4-15/h1-4,7-8,11,16,24-25H,5-6,9-10,12-13H2,(H,27,29). The zero-order valence-corrected chi connectivity index (χ0v) is 19.9. The normalized spacial score (nSPS) is 14.9. The Morgan fingerprint density at radius 3 is 2.52 bits per heavy atom. The Kier molecular flexibility index (Phi) is 9.22. The van der Waals surface area contributed by atoms with Crippen LogP contribution in [0.5, 0.6) is 0 Å². The minimum Gasteiger partial charge on any atom is -0.353 e. The molecule has 0 radical (unpaired) electrons. The molecule has 1 amide bonds. The molecule has 31 heavy (non-hydrogen) atoms. The number of halogens is 2. The highest BCUT2D eigenvalue weighted by molar-refractivity contribution is 8.45. The summed E-state index contributed by atoms with van der Waals surface area (Å²) in [5, 5.41) is 20.5. The van der Waals surface area contributed by atoms with Gasteiger partial charge in [0.15, 0.2) is 0 Å². The molecule has 0 atom stereocenters. The average molecular weight is 496 g/mol. The maximum Gasteiger partial charge on any atom is 0.230 e. The predicted octanol–water partition coefficient (Wildman–Crippen LogP) is 4.90. The number of nitrogens with one attached hydrogen (secondary N) is 3. The van der Waals surface area contributed by atoms with Gasteiger partial charge in [0.2, 0.25) is 5.91 Å². The Bertz CT molecular complexity index is 937. The number of aromatic nitrogens is 1. The molecule has 2 heterocycles. The first kappa shape index (κ1) is 24.1.